The normalized spacial score (nSPS) is 15.2. The quantitative estimate of drug-likeness (QED) is 0.172. The summed E-state index contributed by atoms with van der Waals surface area (Å²) in [5.41, 5.74) is 28.0. The lowest BCUT2D eigenvalue weighted by atomic mass is 9.72. The van der Waals surface area contributed by atoms with Crippen LogP contribution in [-0.2, 0) is 21.7 Å². The third-order valence-electron chi connectivity index (χ3n) is 18.0. The first-order chi connectivity index (χ1) is 36.6. The molecular weight excluding hydrogens is 923 g/mol. The lowest BCUT2D eigenvalue weighted by molar-refractivity contribution is 0.590. The van der Waals surface area contributed by atoms with E-state index in [0.29, 0.717) is 0 Å². The van der Waals surface area contributed by atoms with Crippen LogP contribution in [0.15, 0.2) is 203 Å². The molecule has 15 rings (SSSR count). The first kappa shape index (κ1) is 45.0. The van der Waals surface area contributed by atoms with E-state index in [0.717, 1.165) is 55.9 Å². The van der Waals surface area contributed by atoms with Crippen LogP contribution in [0.1, 0.15) is 101 Å². The Labute approximate surface area is 445 Å². The number of fused-ring (bicyclic) bond motifs is 19. The zero-order chi connectivity index (χ0) is 51.8. The summed E-state index contributed by atoms with van der Waals surface area (Å²) in [6, 6.07) is 72.1. The first-order valence-electron chi connectivity index (χ1n) is 27.1. The number of rotatable bonds is 5. The monoisotopic (exact) mass is 981 g/mol. The Balaban J connectivity index is 0.925. The summed E-state index contributed by atoms with van der Waals surface area (Å²) in [5.74, 6) is 0. The van der Waals surface area contributed by atoms with Crippen molar-refractivity contribution in [3.63, 3.8) is 0 Å². The average Bonchev–Trinajstić information content (AvgIpc) is 4.32. The van der Waals surface area contributed by atoms with Crippen molar-refractivity contribution in [2.75, 3.05) is 4.90 Å². The second kappa shape index (κ2) is 15.4. The smallest absolute Gasteiger partial charge is 0.144 e. The maximum absolute atomic E-state index is 7.02. The topological polar surface area (TPSA) is 29.5 Å². The van der Waals surface area contributed by atoms with Crippen LogP contribution in [0.2, 0.25) is 0 Å². The van der Waals surface area contributed by atoms with Gasteiger partial charge < -0.3 is 13.7 Å². The molecule has 0 saturated carbocycles. The molecule has 3 aliphatic carbocycles. The number of hydrogen-bond donors (Lipinski definition) is 0. The summed E-state index contributed by atoms with van der Waals surface area (Å²) in [4.78, 5) is 2.50. The van der Waals surface area contributed by atoms with Crippen LogP contribution in [0, 0.1) is 0 Å². The molecule has 0 atom stereocenters. The number of furan rings is 2. The summed E-state index contributed by atoms with van der Waals surface area (Å²) in [6.45, 7) is 21.4. The molecule has 0 N–H and O–H groups in total. The van der Waals surface area contributed by atoms with Gasteiger partial charge in [0, 0.05) is 66.0 Å². The van der Waals surface area contributed by atoms with E-state index in [2.05, 4.69) is 261 Å². The predicted octanol–water partition coefficient (Wildman–Crippen LogP) is 20.5. The summed E-state index contributed by atoms with van der Waals surface area (Å²) >= 11 is 0. The number of para-hydroxylation sites is 2. The molecule has 0 fully saturated rings. The molecule has 2 heterocycles. The molecule has 12 aromatic rings. The predicted molar refractivity (Wildman–Crippen MR) is 318 cm³/mol. The van der Waals surface area contributed by atoms with E-state index in [1.54, 1.807) is 0 Å². The molecule has 3 aliphatic rings. The summed E-state index contributed by atoms with van der Waals surface area (Å²) in [7, 11) is 0. The standard InChI is InChI=1S/C73H59NO2/c1-70(2,3)45-31-33-46(34-32-45)74(48-36-38-51-57(40-48)73(8,9)66-62(51)64-53-23-15-18-26-60(53)76-69(64)65-49-21-13-16-24-55(49)72(6,7)67(65)66)47-35-37-50-56(39-47)71(4,5)58-41-54(44-29-27-43(28-30-44)42-19-11-10-12-20-42)68-63(61(50)58)52-22-14-17-25-59(52)75-68/h10-41H,1-9H3. The lowest BCUT2D eigenvalue weighted by Gasteiger charge is -2.32. The van der Waals surface area contributed by atoms with Gasteiger partial charge in [-0.3, -0.25) is 0 Å². The Morgan fingerprint density at radius 3 is 1.50 bits per heavy atom. The second-order valence-electron chi connectivity index (χ2n) is 24.4. The molecule has 0 bridgehead atoms. The van der Waals surface area contributed by atoms with Crippen LogP contribution < -0.4 is 4.90 Å². The van der Waals surface area contributed by atoms with Crippen molar-refractivity contribution in [2.24, 2.45) is 0 Å². The van der Waals surface area contributed by atoms with Crippen molar-refractivity contribution in [2.45, 2.75) is 84.0 Å². The Kier molecular flexibility index (Phi) is 9.10. The highest BCUT2D eigenvalue weighted by Crippen LogP contribution is 2.64. The number of hydrogen-bond acceptors (Lipinski definition) is 3. The van der Waals surface area contributed by atoms with Gasteiger partial charge in [-0.25, -0.2) is 0 Å². The largest absolute Gasteiger partial charge is 0.455 e. The minimum Gasteiger partial charge on any atom is -0.455 e. The van der Waals surface area contributed by atoms with E-state index in [-0.39, 0.29) is 21.7 Å². The highest BCUT2D eigenvalue weighted by Gasteiger charge is 2.49. The van der Waals surface area contributed by atoms with Crippen molar-refractivity contribution >= 4 is 60.9 Å². The van der Waals surface area contributed by atoms with Gasteiger partial charge in [-0.2, -0.15) is 0 Å². The Morgan fingerprint density at radius 2 is 0.842 bits per heavy atom. The Bertz CT molecular complexity index is 4440. The van der Waals surface area contributed by atoms with Gasteiger partial charge in [0.15, 0.2) is 0 Å². The fourth-order valence-electron chi connectivity index (χ4n) is 14.1. The van der Waals surface area contributed by atoms with Gasteiger partial charge in [-0.15, -0.1) is 0 Å². The van der Waals surface area contributed by atoms with Crippen molar-refractivity contribution in [3.8, 4) is 55.6 Å². The van der Waals surface area contributed by atoms with Gasteiger partial charge in [-0.05, 0) is 143 Å². The van der Waals surface area contributed by atoms with E-state index in [1.165, 1.54) is 99.6 Å². The van der Waals surface area contributed by atoms with Crippen LogP contribution in [0.4, 0.5) is 17.1 Å². The van der Waals surface area contributed by atoms with Gasteiger partial charge in [-0.1, -0.05) is 202 Å². The molecule has 76 heavy (non-hydrogen) atoms. The molecule has 0 radical (unpaired) electrons. The molecule has 0 aliphatic heterocycles. The van der Waals surface area contributed by atoms with Crippen LogP contribution >= 0.6 is 0 Å². The summed E-state index contributed by atoms with van der Waals surface area (Å²) < 4.78 is 13.9. The molecule has 3 heteroatoms. The minimum absolute atomic E-state index is 0.0117. The fraction of sp³-hybridized carbons (Fsp3) is 0.178. The van der Waals surface area contributed by atoms with Gasteiger partial charge in [0.2, 0.25) is 0 Å². The van der Waals surface area contributed by atoms with E-state index in [1.807, 2.05) is 0 Å². The van der Waals surface area contributed by atoms with Crippen molar-refractivity contribution in [3.05, 3.63) is 233 Å². The fourth-order valence-corrected chi connectivity index (χ4v) is 14.1. The van der Waals surface area contributed by atoms with E-state index >= 15 is 0 Å². The van der Waals surface area contributed by atoms with Gasteiger partial charge >= 0.3 is 0 Å². The SMILES string of the molecule is CC(C)(C)c1ccc(N(c2ccc3c(c2)C(C)(C)c2cc(-c4ccc(-c5ccccc5)cc4)c4oc5ccccc5c4c2-3)c2ccc3c(c2)C(C)(C)c2c4c(c5oc6ccccc6c5c2-3)-c2ccccc2C4(C)C)cc1. The molecule has 368 valence electrons. The zero-order valence-corrected chi connectivity index (χ0v) is 44.7. The summed E-state index contributed by atoms with van der Waals surface area (Å²) in [6.07, 6.45) is 0. The number of benzene rings is 10. The number of anilines is 3. The van der Waals surface area contributed by atoms with Crippen molar-refractivity contribution in [1.82, 2.24) is 0 Å². The van der Waals surface area contributed by atoms with Crippen LogP contribution in [0.5, 0.6) is 0 Å². The maximum Gasteiger partial charge on any atom is 0.144 e. The molecule has 0 amide bonds. The van der Waals surface area contributed by atoms with Gasteiger partial charge in [0.1, 0.15) is 22.3 Å². The molecule has 3 nitrogen and oxygen atoms in total. The number of nitrogens with zero attached hydrogens (tertiary/aromatic N) is 1. The Morgan fingerprint density at radius 1 is 0.355 bits per heavy atom. The maximum atomic E-state index is 7.02. The second-order valence-corrected chi connectivity index (χ2v) is 24.4. The first-order valence-corrected chi connectivity index (χ1v) is 27.1. The molecular formula is C73H59NO2. The van der Waals surface area contributed by atoms with Gasteiger partial charge in [0.05, 0.1) is 0 Å². The van der Waals surface area contributed by atoms with E-state index in [9.17, 15) is 0 Å². The van der Waals surface area contributed by atoms with Crippen LogP contribution in [-0.4, -0.2) is 0 Å². The van der Waals surface area contributed by atoms with Gasteiger partial charge in [0.25, 0.3) is 0 Å². The van der Waals surface area contributed by atoms with E-state index in [4.69, 9.17) is 8.83 Å². The molecule has 10 aromatic carbocycles. The molecule has 0 unspecified atom stereocenters. The third kappa shape index (κ3) is 6.06. The average molecular weight is 982 g/mol. The highest BCUT2D eigenvalue weighted by molar-refractivity contribution is 6.21. The van der Waals surface area contributed by atoms with Crippen molar-refractivity contribution in [1.29, 1.82) is 0 Å². The molecule has 2 aromatic heterocycles. The third-order valence-corrected chi connectivity index (χ3v) is 18.0. The Hall–Kier alpha value is -8.40. The molecule has 0 saturated heterocycles. The minimum atomic E-state index is -0.335. The van der Waals surface area contributed by atoms with Crippen LogP contribution in [0.25, 0.3) is 99.5 Å². The van der Waals surface area contributed by atoms with Crippen molar-refractivity contribution < 1.29 is 8.83 Å². The van der Waals surface area contributed by atoms with Crippen LogP contribution in [0.3, 0.4) is 0 Å². The molecule has 0 spiro atoms. The zero-order valence-electron chi connectivity index (χ0n) is 44.7. The highest BCUT2D eigenvalue weighted by atomic mass is 16.3. The van der Waals surface area contributed by atoms with E-state index < -0.39 is 0 Å². The lowest BCUT2D eigenvalue weighted by Crippen LogP contribution is -2.24. The summed E-state index contributed by atoms with van der Waals surface area (Å²) in [5, 5.41) is 4.72.